The number of nitrogens with zero attached hydrogens (tertiary/aromatic N) is 3. The van der Waals surface area contributed by atoms with Gasteiger partial charge in [-0.3, -0.25) is 0 Å². The molecule has 1 saturated carbocycles. The van der Waals surface area contributed by atoms with E-state index in [1.165, 1.54) is 49.7 Å². The minimum atomic E-state index is 0.532. The zero-order valence-corrected chi connectivity index (χ0v) is 16.9. The summed E-state index contributed by atoms with van der Waals surface area (Å²) in [5, 5.41) is 3.64. The number of methoxy groups -OCH3 is 2. The standard InChI is InChI=1S/C22H30N4O2/c1-27-19-13-16-10-12-26(15-17(16)14-20(19)28-2)22-23-11-9-21(25-22)24-18-7-5-3-4-6-8-18/h9,11,13-14,18H,3-8,10,12,15H2,1-2H3,(H,23,24,25). The first kappa shape index (κ1) is 18.8. The van der Waals surface area contributed by atoms with Crippen molar-refractivity contribution in [2.45, 2.75) is 57.5 Å². The van der Waals surface area contributed by atoms with Crippen molar-refractivity contribution in [2.24, 2.45) is 0 Å². The summed E-state index contributed by atoms with van der Waals surface area (Å²) in [4.78, 5) is 11.6. The van der Waals surface area contributed by atoms with Crippen LogP contribution in [0.25, 0.3) is 0 Å². The average molecular weight is 383 g/mol. The maximum atomic E-state index is 5.47. The number of ether oxygens (including phenoxy) is 2. The van der Waals surface area contributed by atoms with E-state index in [1.807, 2.05) is 12.3 Å². The molecule has 1 aromatic heterocycles. The van der Waals surface area contributed by atoms with Crippen molar-refractivity contribution in [3.8, 4) is 11.5 Å². The van der Waals surface area contributed by atoms with Crippen LogP contribution in [0.1, 0.15) is 49.7 Å². The molecule has 0 spiro atoms. The quantitative estimate of drug-likeness (QED) is 0.783. The summed E-state index contributed by atoms with van der Waals surface area (Å²) in [5.74, 6) is 3.29. The lowest BCUT2D eigenvalue weighted by Crippen LogP contribution is -2.32. The normalized spacial score (nSPS) is 17.6. The lowest BCUT2D eigenvalue weighted by molar-refractivity contribution is 0.353. The first-order chi connectivity index (χ1) is 13.8. The van der Waals surface area contributed by atoms with Crippen molar-refractivity contribution in [3.05, 3.63) is 35.5 Å². The molecule has 4 rings (SSSR count). The Morgan fingerprint density at radius 2 is 1.71 bits per heavy atom. The molecule has 1 aliphatic carbocycles. The Kier molecular flexibility index (Phi) is 5.84. The molecular weight excluding hydrogens is 352 g/mol. The lowest BCUT2D eigenvalue weighted by atomic mass is 9.99. The molecule has 2 aromatic rings. The van der Waals surface area contributed by atoms with Crippen LogP contribution in [0.5, 0.6) is 11.5 Å². The predicted octanol–water partition coefficient (Wildman–Crippen LogP) is 4.19. The van der Waals surface area contributed by atoms with E-state index < -0.39 is 0 Å². The summed E-state index contributed by atoms with van der Waals surface area (Å²) in [6, 6.07) is 6.69. The van der Waals surface area contributed by atoms with Gasteiger partial charge in [0.15, 0.2) is 11.5 Å². The number of anilines is 2. The van der Waals surface area contributed by atoms with Gasteiger partial charge in [-0.15, -0.1) is 0 Å². The molecule has 0 unspecified atom stereocenters. The number of hydrogen-bond acceptors (Lipinski definition) is 6. The van der Waals surface area contributed by atoms with Gasteiger partial charge >= 0.3 is 0 Å². The molecule has 28 heavy (non-hydrogen) atoms. The molecule has 0 amide bonds. The highest BCUT2D eigenvalue weighted by molar-refractivity contribution is 5.51. The van der Waals surface area contributed by atoms with Crippen LogP contribution in [0.4, 0.5) is 11.8 Å². The van der Waals surface area contributed by atoms with E-state index in [0.717, 1.165) is 42.8 Å². The SMILES string of the molecule is COc1cc2c(cc1OC)CN(c1nccc(NC3CCCCCC3)n1)CC2. The van der Waals surface area contributed by atoms with Crippen molar-refractivity contribution in [2.75, 3.05) is 31.0 Å². The predicted molar refractivity (Wildman–Crippen MR) is 111 cm³/mol. The molecular formula is C22H30N4O2. The Morgan fingerprint density at radius 1 is 1.00 bits per heavy atom. The maximum Gasteiger partial charge on any atom is 0.227 e. The average Bonchev–Trinajstić information content (AvgIpc) is 3.01. The van der Waals surface area contributed by atoms with Gasteiger partial charge < -0.3 is 19.7 Å². The molecule has 0 atom stereocenters. The molecule has 0 bridgehead atoms. The van der Waals surface area contributed by atoms with E-state index in [0.29, 0.717) is 6.04 Å². The monoisotopic (exact) mass is 382 g/mol. The highest BCUT2D eigenvalue weighted by Crippen LogP contribution is 2.34. The number of benzene rings is 1. The lowest BCUT2D eigenvalue weighted by Gasteiger charge is -2.30. The van der Waals surface area contributed by atoms with Crippen LogP contribution >= 0.6 is 0 Å². The van der Waals surface area contributed by atoms with Crippen LogP contribution in [0, 0.1) is 0 Å². The van der Waals surface area contributed by atoms with Gasteiger partial charge in [0.2, 0.25) is 5.95 Å². The third-order valence-electron chi connectivity index (χ3n) is 5.85. The van der Waals surface area contributed by atoms with Crippen molar-refractivity contribution in [3.63, 3.8) is 0 Å². The van der Waals surface area contributed by atoms with Gasteiger partial charge in [0.1, 0.15) is 5.82 Å². The van der Waals surface area contributed by atoms with Gasteiger partial charge in [0.25, 0.3) is 0 Å². The fraction of sp³-hybridized carbons (Fsp3) is 0.545. The van der Waals surface area contributed by atoms with Crippen molar-refractivity contribution in [1.29, 1.82) is 0 Å². The Morgan fingerprint density at radius 3 is 2.43 bits per heavy atom. The van der Waals surface area contributed by atoms with Crippen molar-refractivity contribution in [1.82, 2.24) is 9.97 Å². The molecule has 6 nitrogen and oxygen atoms in total. The molecule has 1 aliphatic heterocycles. The third kappa shape index (κ3) is 4.16. The van der Waals surface area contributed by atoms with Gasteiger partial charge in [0, 0.05) is 25.3 Å². The fourth-order valence-electron chi connectivity index (χ4n) is 4.27. The fourth-order valence-corrected chi connectivity index (χ4v) is 4.27. The Balaban J connectivity index is 1.49. The minimum Gasteiger partial charge on any atom is -0.493 e. The Bertz CT molecular complexity index is 803. The second-order valence-electron chi connectivity index (χ2n) is 7.72. The van der Waals surface area contributed by atoms with E-state index in [1.54, 1.807) is 14.2 Å². The molecule has 0 radical (unpaired) electrons. The van der Waals surface area contributed by atoms with Gasteiger partial charge in [-0.1, -0.05) is 25.7 Å². The van der Waals surface area contributed by atoms with Gasteiger partial charge in [-0.25, -0.2) is 4.98 Å². The summed E-state index contributed by atoms with van der Waals surface area (Å²) >= 11 is 0. The summed E-state index contributed by atoms with van der Waals surface area (Å²) in [6.45, 7) is 1.68. The molecule has 2 heterocycles. The van der Waals surface area contributed by atoms with Crippen molar-refractivity contribution >= 4 is 11.8 Å². The van der Waals surface area contributed by atoms with E-state index >= 15 is 0 Å². The number of aromatic nitrogens is 2. The van der Waals surface area contributed by atoms with Gasteiger partial charge in [-0.05, 0) is 48.6 Å². The molecule has 1 N–H and O–H groups in total. The third-order valence-corrected chi connectivity index (χ3v) is 5.85. The maximum absolute atomic E-state index is 5.47. The second-order valence-corrected chi connectivity index (χ2v) is 7.72. The zero-order chi connectivity index (χ0) is 19.3. The topological polar surface area (TPSA) is 59.5 Å². The molecule has 0 saturated heterocycles. The number of hydrogen-bond donors (Lipinski definition) is 1. The Hall–Kier alpha value is -2.50. The minimum absolute atomic E-state index is 0.532. The van der Waals surface area contributed by atoms with E-state index in [9.17, 15) is 0 Å². The highest BCUT2D eigenvalue weighted by atomic mass is 16.5. The first-order valence-corrected chi connectivity index (χ1v) is 10.3. The number of fused-ring (bicyclic) bond motifs is 1. The number of rotatable bonds is 5. The molecule has 1 aromatic carbocycles. The van der Waals surface area contributed by atoms with Crippen LogP contribution in [-0.4, -0.2) is 36.8 Å². The summed E-state index contributed by atoms with van der Waals surface area (Å²) < 4.78 is 10.9. The number of nitrogens with one attached hydrogen (secondary N) is 1. The first-order valence-electron chi connectivity index (χ1n) is 10.3. The zero-order valence-electron chi connectivity index (χ0n) is 16.9. The highest BCUT2D eigenvalue weighted by Gasteiger charge is 2.22. The van der Waals surface area contributed by atoms with E-state index in [4.69, 9.17) is 14.5 Å². The van der Waals surface area contributed by atoms with Gasteiger partial charge in [-0.2, -0.15) is 4.98 Å². The molecule has 150 valence electrons. The summed E-state index contributed by atoms with van der Waals surface area (Å²) in [7, 11) is 3.36. The second kappa shape index (κ2) is 8.67. The largest absolute Gasteiger partial charge is 0.493 e. The van der Waals surface area contributed by atoms with Crippen LogP contribution in [0.15, 0.2) is 24.4 Å². The van der Waals surface area contributed by atoms with E-state index in [2.05, 4.69) is 27.3 Å². The smallest absolute Gasteiger partial charge is 0.227 e. The molecule has 1 fully saturated rings. The van der Waals surface area contributed by atoms with Crippen LogP contribution in [0.3, 0.4) is 0 Å². The van der Waals surface area contributed by atoms with E-state index in [-0.39, 0.29) is 0 Å². The Labute approximate surface area is 167 Å². The van der Waals surface area contributed by atoms with Gasteiger partial charge in [0.05, 0.1) is 14.2 Å². The molecule has 6 heteroatoms. The van der Waals surface area contributed by atoms with Crippen LogP contribution in [0.2, 0.25) is 0 Å². The van der Waals surface area contributed by atoms with Crippen LogP contribution in [-0.2, 0) is 13.0 Å². The van der Waals surface area contributed by atoms with Crippen molar-refractivity contribution < 1.29 is 9.47 Å². The molecule has 2 aliphatic rings. The summed E-state index contributed by atoms with van der Waals surface area (Å²) in [6.07, 6.45) is 10.6. The summed E-state index contributed by atoms with van der Waals surface area (Å²) in [5.41, 5.74) is 2.55. The van der Waals surface area contributed by atoms with Crippen LogP contribution < -0.4 is 19.7 Å².